The third-order valence-electron chi connectivity index (χ3n) is 1.60. The topological polar surface area (TPSA) is 53.4 Å². The van der Waals surface area contributed by atoms with Gasteiger partial charge in [-0.1, -0.05) is 0 Å². The van der Waals surface area contributed by atoms with Gasteiger partial charge in [0.1, 0.15) is 0 Å². The first kappa shape index (κ1) is 7.73. The van der Waals surface area contributed by atoms with Crippen molar-refractivity contribution in [3.63, 3.8) is 0 Å². The normalized spacial score (nSPS) is 10.5. The molecule has 0 aliphatic heterocycles. The molecule has 0 saturated heterocycles. The summed E-state index contributed by atoms with van der Waals surface area (Å²) in [4.78, 5) is 3.93. The van der Waals surface area contributed by atoms with Crippen LogP contribution in [0.25, 0.3) is 10.1 Å². The van der Waals surface area contributed by atoms with Crippen LogP contribution in [0, 0.1) is 0 Å². The summed E-state index contributed by atoms with van der Waals surface area (Å²) in [6, 6.07) is 3.60. The summed E-state index contributed by atoms with van der Waals surface area (Å²) < 4.78 is 1.53. The van der Waals surface area contributed by atoms with Crippen LogP contribution in [-0.4, -0.2) is 22.2 Å². The first-order valence-electron chi connectivity index (χ1n) is 3.47. The van der Waals surface area contributed by atoms with Crippen molar-refractivity contribution in [2.24, 2.45) is 0 Å². The lowest BCUT2D eigenvalue weighted by molar-refractivity contribution is 0.427. The average Bonchev–Trinajstić information content (AvgIpc) is 2.46. The molecule has 0 atom stereocenters. The third-order valence-corrected chi connectivity index (χ3v) is 2.72. The van der Waals surface area contributed by atoms with E-state index >= 15 is 0 Å². The number of aromatic nitrogens is 1. The molecule has 0 radical (unpaired) electrons. The fraction of sp³-hybridized carbons (Fsp3) is 0. The highest BCUT2D eigenvalue weighted by molar-refractivity contribution is 7.27. The minimum absolute atomic E-state index is 0.554. The predicted octanol–water partition coefficient (Wildman–Crippen LogP) is -0.0239. The van der Waals surface area contributed by atoms with E-state index in [2.05, 4.69) is 4.98 Å². The second kappa shape index (κ2) is 2.86. The van der Waals surface area contributed by atoms with Crippen LogP contribution < -0.4 is 4.78 Å². The number of fused-ring (bicyclic) bond motifs is 1. The molecule has 0 amide bonds. The van der Waals surface area contributed by atoms with Crippen LogP contribution in [0.1, 0.15) is 0 Å². The number of rotatable bonds is 1. The number of pyridine rings is 1. The summed E-state index contributed by atoms with van der Waals surface area (Å²) in [7, 11) is -1.37. The maximum absolute atomic E-state index is 8.87. The van der Waals surface area contributed by atoms with Crippen LogP contribution in [0.2, 0.25) is 0 Å². The number of hydrogen-bond acceptors (Lipinski definition) is 4. The van der Waals surface area contributed by atoms with Gasteiger partial charge < -0.3 is 10.0 Å². The monoisotopic (exact) mass is 179 g/mol. The van der Waals surface area contributed by atoms with Gasteiger partial charge in [-0.25, -0.2) is 0 Å². The Hall–Kier alpha value is -0.905. The third kappa shape index (κ3) is 1.22. The zero-order chi connectivity index (χ0) is 8.55. The molecule has 0 fully saturated rings. The Labute approximate surface area is 73.5 Å². The minimum atomic E-state index is -1.37. The van der Waals surface area contributed by atoms with Crippen LogP contribution in [0.3, 0.4) is 0 Å². The fourth-order valence-electron chi connectivity index (χ4n) is 1.03. The maximum atomic E-state index is 8.87. The molecule has 2 aromatic heterocycles. The molecule has 0 aliphatic rings. The van der Waals surface area contributed by atoms with E-state index in [1.54, 1.807) is 18.5 Å². The minimum Gasteiger partial charge on any atom is -0.423 e. The van der Waals surface area contributed by atoms with Crippen LogP contribution in [0.15, 0.2) is 24.5 Å². The van der Waals surface area contributed by atoms with Crippen molar-refractivity contribution in [1.82, 2.24) is 4.98 Å². The lowest BCUT2D eigenvalue weighted by Gasteiger charge is -1.87. The van der Waals surface area contributed by atoms with Crippen LogP contribution >= 0.6 is 11.3 Å². The van der Waals surface area contributed by atoms with Gasteiger partial charge in [0.2, 0.25) is 0 Å². The van der Waals surface area contributed by atoms with Crippen molar-refractivity contribution in [2.45, 2.75) is 0 Å². The van der Waals surface area contributed by atoms with Gasteiger partial charge >= 0.3 is 7.12 Å². The molecule has 0 aliphatic carbocycles. The van der Waals surface area contributed by atoms with E-state index in [0.717, 1.165) is 10.1 Å². The Morgan fingerprint density at radius 1 is 1.42 bits per heavy atom. The van der Waals surface area contributed by atoms with Crippen LogP contribution in [0.5, 0.6) is 0 Å². The molecule has 2 aromatic rings. The van der Waals surface area contributed by atoms with Crippen molar-refractivity contribution < 1.29 is 10.0 Å². The zero-order valence-electron chi connectivity index (χ0n) is 6.14. The maximum Gasteiger partial charge on any atom is 0.499 e. The molecule has 2 rings (SSSR count). The van der Waals surface area contributed by atoms with Gasteiger partial charge in [0.15, 0.2) is 0 Å². The SMILES string of the molecule is OB(O)c1cc2ccncc2s1. The van der Waals surface area contributed by atoms with Gasteiger partial charge in [0.25, 0.3) is 0 Å². The first-order chi connectivity index (χ1) is 5.77. The van der Waals surface area contributed by atoms with Crippen LogP contribution in [0.4, 0.5) is 0 Å². The van der Waals surface area contributed by atoms with E-state index < -0.39 is 7.12 Å². The molecule has 0 spiro atoms. The summed E-state index contributed by atoms with van der Waals surface area (Å²) in [5.74, 6) is 0. The van der Waals surface area contributed by atoms with Crippen molar-refractivity contribution in [3.05, 3.63) is 24.5 Å². The van der Waals surface area contributed by atoms with Crippen LogP contribution in [-0.2, 0) is 0 Å². The second-order valence-corrected chi connectivity index (χ2v) is 3.55. The predicted molar refractivity (Wildman–Crippen MR) is 49.4 cm³/mol. The van der Waals surface area contributed by atoms with E-state index in [4.69, 9.17) is 10.0 Å². The molecular formula is C7H6BNO2S. The highest BCUT2D eigenvalue weighted by atomic mass is 32.1. The zero-order valence-corrected chi connectivity index (χ0v) is 6.95. The molecule has 0 aromatic carbocycles. The number of nitrogens with zero attached hydrogens (tertiary/aromatic N) is 1. The van der Waals surface area contributed by atoms with Gasteiger partial charge in [0.05, 0.1) is 4.70 Å². The summed E-state index contributed by atoms with van der Waals surface area (Å²) in [5.41, 5.74) is 0. The number of hydrogen-bond donors (Lipinski definition) is 2. The molecule has 12 heavy (non-hydrogen) atoms. The number of thiophene rings is 1. The molecule has 0 unspecified atom stereocenters. The Bertz CT molecular complexity index is 368. The molecule has 5 heteroatoms. The second-order valence-electron chi connectivity index (χ2n) is 2.44. The molecule has 3 nitrogen and oxygen atoms in total. The molecule has 2 N–H and O–H groups in total. The Kier molecular flexibility index (Phi) is 1.84. The van der Waals surface area contributed by atoms with Gasteiger partial charge in [-0.05, 0) is 17.5 Å². The summed E-state index contributed by atoms with van der Waals surface area (Å²) in [6.07, 6.45) is 3.40. The highest BCUT2D eigenvalue weighted by Crippen LogP contribution is 2.16. The first-order valence-corrected chi connectivity index (χ1v) is 4.28. The van der Waals surface area contributed by atoms with Crippen molar-refractivity contribution in [2.75, 3.05) is 0 Å². The fourth-order valence-corrected chi connectivity index (χ4v) is 1.94. The van der Waals surface area contributed by atoms with E-state index in [9.17, 15) is 0 Å². The Morgan fingerprint density at radius 3 is 2.92 bits per heavy atom. The van der Waals surface area contributed by atoms with E-state index in [0.29, 0.717) is 4.78 Å². The summed E-state index contributed by atoms with van der Waals surface area (Å²) in [5, 5.41) is 18.7. The highest BCUT2D eigenvalue weighted by Gasteiger charge is 2.13. The summed E-state index contributed by atoms with van der Waals surface area (Å²) >= 11 is 1.34. The average molecular weight is 179 g/mol. The molecule has 2 heterocycles. The lowest BCUT2D eigenvalue weighted by Crippen LogP contribution is -2.26. The smallest absolute Gasteiger partial charge is 0.423 e. The summed E-state index contributed by atoms with van der Waals surface area (Å²) in [6.45, 7) is 0. The van der Waals surface area contributed by atoms with Gasteiger partial charge in [-0.15, -0.1) is 11.3 Å². The molecule has 0 bridgehead atoms. The lowest BCUT2D eigenvalue weighted by atomic mass is 9.89. The van der Waals surface area contributed by atoms with Crippen molar-refractivity contribution in [1.29, 1.82) is 0 Å². The van der Waals surface area contributed by atoms with E-state index in [1.165, 1.54) is 11.3 Å². The van der Waals surface area contributed by atoms with Gasteiger partial charge in [-0.3, -0.25) is 4.98 Å². The Morgan fingerprint density at radius 2 is 2.25 bits per heavy atom. The van der Waals surface area contributed by atoms with E-state index in [1.807, 2.05) is 6.07 Å². The standard InChI is InChI=1S/C7H6BNO2S/c10-8(11)7-3-5-1-2-9-4-6(5)12-7/h1-4,10-11H. The largest absolute Gasteiger partial charge is 0.499 e. The van der Waals surface area contributed by atoms with Crippen molar-refractivity contribution >= 4 is 33.3 Å². The molecule has 60 valence electrons. The molecular weight excluding hydrogens is 173 g/mol. The quantitative estimate of drug-likeness (QED) is 0.604. The van der Waals surface area contributed by atoms with E-state index in [-0.39, 0.29) is 0 Å². The van der Waals surface area contributed by atoms with Gasteiger partial charge in [0, 0.05) is 17.2 Å². The van der Waals surface area contributed by atoms with Crippen molar-refractivity contribution in [3.8, 4) is 0 Å². The Balaban J connectivity index is 2.62. The van der Waals surface area contributed by atoms with Gasteiger partial charge in [-0.2, -0.15) is 0 Å². The molecule has 0 saturated carbocycles.